The first-order chi connectivity index (χ1) is 14.0. The second-order valence-electron chi connectivity index (χ2n) is 7.16. The smallest absolute Gasteiger partial charge is 0.253 e. The zero-order valence-corrected chi connectivity index (χ0v) is 17.4. The van der Waals surface area contributed by atoms with E-state index in [1.807, 2.05) is 37.7 Å². The summed E-state index contributed by atoms with van der Waals surface area (Å²) in [6, 6.07) is 10.8. The number of carbonyl (C=O) groups excluding carboxylic acids is 1. The fraction of sp³-hybridized carbons (Fsp3) is 0.318. The molecule has 1 N–H and O–H groups in total. The molecule has 1 aliphatic rings. The number of nitrogens with one attached hydrogen (secondary N) is 1. The maximum atomic E-state index is 14.0. The van der Waals surface area contributed by atoms with Crippen LogP contribution in [0.15, 0.2) is 36.4 Å². The van der Waals surface area contributed by atoms with Crippen molar-refractivity contribution in [2.45, 2.75) is 20.4 Å². The van der Waals surface area contributed by atoms with Crippen LogP contribution in [0.2, 0.25) is 0 Å². The highest BCUT2D eigenvalue weighted by Gasteiger charge is 2.16. The lowest BCUT2D eigenvalue weighted by Gasteiger charge is -2.28. The number of hydrogen-bond acceptors (Lipinski definition) is 5. The predicted molar refractivity (Wildman–Crippen MR) is 116 cm³/mol. The van der Waals surface area contributed by atoms with Gasteiger partial charge in [0.1, 0.15) is 11.3 Å². The Morgan fingerprint density at radius 2 is 1.79 bits per heavy atom. The van der Waals surface area contributed by atoms with Crippen LogP contribution in [0.1, 0.15) is 27.3 Å². The number of rotatable bonds is 4. The lowest BCUT2D eigenvalue weighted by Crippen LogP contribution is -2.32. The van der Waals surface area contributed by atoms with Crippen LogP contribution in [-0.2, 0) is 6.54 Å². The highest BCUT2D eigenvalue weighted by Crippen LogP contribution is 2.21. The largest absolute Gasteiger partial charge is 0.370 e. The molecular weight excluding hydrogens is 387 g/mol. The van der Waals surface area contributed by atoms with Crippen molar-refractivity contribution in [3.63, 3.8) is 0 Å². The second kappa shape index (κ2) is 8.37. The van der Waals surface area contributed by atoms with Gasteiger partial charge >= 0.3 is 0 Å². The fourth-order valence-corrected chi connectivity index (χ4v) is 4.30. The molecule has 150 valence electrons. The number of hydrogen-bond donors (Lipinski definition) is 1. The van der Waals surface area contributed by atoms with Gasteiger partial charge in [0.2, 0.25) is 0 Å². The number of thioether (sulfide) groups is 1. The van der Waals surface area contributed by atoms with Crippen molar-refractivity contribution < 1.29 is 9.18 Å². The molecule has 0 radical (unpaired) electrons. The van der Waals surface area contributed by atoms with Crippen LogP contribution < -0.4 is 10.2 Å². The minimum Gasteiger partial charge on any atom is -0.370 e. The van der Waals surface area contributed by atoms with Gasteiger partial charge in [-0.25, -0.2) is 14.4 Å². The van der Waals surface area contributed by atoms with E-state index in [2.05, 4.69) is 32.3 Å². The van der Waals surface area contributed by atoms with E-state index in [9.17, 15) is 9.18 Å². The van der Waals surface area contributed by atoms with Gasteiger partial charge in [-0.1, -0.05) is 12.1 Å². The quantitative estimate of drug-likeness (QED) is 0.708. The first-order valence-electron chi connectivity index (χ1n) is 9.65. The Labute approximate surface area is 173 Å². The Morgan fingerprint density at radius 3 is 2.52 bits per heavy atom. The van der Waals surface area contributed by atoms with Crippen molar-refractivity contribution in [3.8, 4) is 0 Å². The van der Waals surface area contributed by atoms with E-state index < -0.39 is 5.82 Å². The van der Waals surface area contributed by atoms with Gasteiger partial charge in [0, 0.05) is 42.9 Å². The van der Waals surface area contributed by atoms with Crippen LogP contribution >= 0.6 is 11.8 Å². The van der Waals surface area contributed by atoms with Crippen LogP contribution in [0, 0.1) is 19.7 Å². The molecule has 29 heavy (non-hydrogen) atoms. The average Bonchev–Trinajstić information content (AvgIpc) is 2.74. The number of amides is 1. The maximum absolute atomic E-state index is 14.0. The van der Waals surface area contributed by atoms with Gasteiger partial charge in [0.15, 0.2) is 0 Å². The minimum atomic E-state index is -0.496. The third kappa shape index (κ3) is 4.34. The molecule has 1 fully saturated rings. The second-order valence-corrected chi connectivity index (χ2v) is 8.39. The highest BCUT2D eigenvalue weighted by atomic mass is 32.2. The van der Waals surface area contributed by atoms with Crippen molar-refractivity contribution in [2.24, 2.45) is 0 Å². The number of anilines is 1. The summed E-state index contributed by atoms with van der Waals surface area (Å²) in [4.78, 5) is 23.9. The van der Waals surface area contributed by atoms with E-state index in [0.717, 1.165) is 41.5 Å². The minimum absolute atomic E-state index is 0.207. The van der Waals surface area contributed by atoms with Crippen LogP contribution in [0.4, 0.5) is 10.1 Å². The molecule has 4 rings (SSSR count). The summed E-state index contributed by atoms with van der Waals surface area (Å²) >= 11 is 1.98. The number of benzene rings is 2. The van der Waals surface area contributed by atoms with Crippen LogP contribution in [0.3, 0.4) is 0 Å². The molecule has 1 aromatic heterocycles. The fourth-order valence-electron chi connectivity index (χ4n) is 3.39. The summed E-state index contributed by atoms with van der Waals surface area (Å²) in [5, 5.41) is 2.88. The SMILES string of the molecule is Cc1nc2cc(F)cc(C(=O)NCc3ccc(N4CCSCC4)cc3)c2nc1C. The lowest BCUT2D eigenvalue weighted by molar-refractivity contribution is 0.0952. The Bertz CT molecular complexity index is 1050. The molecular formula is C22H23FN4OS. The molecule has 2 heterocycles. The van der Waals surface area contributed by atoms with Crippen LogP contribution in [0.5, 0.6) is 0 Å². The summed E-state index contributed by atoms with van der Waals surface area (Å²) in [6.07, 6.45) is 0. The molecule has 0 atom stereocenters. The van der Waals surface area contributed by atoms with E-state index in [0.29, 0.717) is 17.6 Å². The molecule has 3 aromatic rings. The van der Waals surface area contributed by atoms with Gasteiger partial charge in [-0.05, 0) is 37.6 Å². The Balaban J connectivity index is 1.49. The summed E-state index contributed by atoms with van der Waals surface area (Å²) in [5.74, 6) is 1.45. The standard InChI is InChI=1S/C22H23FN4OS/c1-14-15(2)26-21-19(11-17(23)12-20(21)25-14)22(28)24-13-16-3-5-18(6-4-16)27-7-9-29-10-8-27/h3-6,11-12H,7-10,13H2,1-2H3,(H,24,28). The zero-order valence-electron chi connectivity index (χ0n) is 16.5. The monoisotopic (exact) mass is 410 g/mol. The van der Waals surface area contributed by atoms with Gasteiger partial charge in [-0.15, -0.1) is 0 Å². The summed E-state index contributed by atoms with van der Waals surface area (Å²) in [6.45, 7) is 6.14. The van der Waals surface area contributed by atoms with Gasteiger partial charge in [-0.2, -0.15) is 11.8 Å². The van der Waals surface area contributed by atoms with Crippen molar-refractivity contribution in [2.75, 3.05) is 29.5 Å². The molecule has 0 bridgehead atoms. The number of halogens is 1. The van der Waals surface area contributed by atoms with Crippen molar-refractivity contribution in [1.82, 2.24) is 15.3 Å². The predicted octanol–water partition coefficient (Wildman–Crippen LogP) is 3.87. The third-order valence-electron chi connectivity index (χ3n) is 5.16. The molecule has 0 aliphatic carbocycles. The number of fused-ring (bicyclic) bond motifs is 1. The van der Waals surface area contributed by atoms with E-state index in [-0.39, 0.29) is 11.5 Å². The number of aromatic nitrogens is 2. The Hall–Kier alpha value is -2.67. The highest BCUT2D eigenvalue weighted by molar-refractivity contribution is 7.99. The molecule has 5 nitrogen and oxygen atoms in total. The normalized spacial score (nSPS) is 14.2. The molecule has 1 amide bonds. The molecule has 0 spiro atoms. The first-order valence-corrected chi connectivity index (χ1v) is 10.8. The van der Waals surface area contributed by atoms with E-state index in [4.69, 9.17) is 0 Å². The molecule has 1 saturated heterocycles. The third-order valence-corrected chi connectivity index (χ3v) is 6.10. The summed E-state index contributed by atoms with van der Waals surface area (Å²) in [5.41, 5.74) is 4.67. The van der Waals surface area contributed by atoms with E-state index in [1.165, 1.54) is 17.8 Å². The van der Waals surface area contributed by atoms with Gasteiger partial charge < -0.3 is 10.2 Å². The Kier molecular flexibility index (Phi) is 5.67. The summed E-state index contributed by atoms with van der Waals surface area (Å²) < 4.78 is 14.0. The summed E-state index contributed by atoms with van der Waals surface area (Å²) in [7, 11) is 0. The van der Waals surface area contributed by atoms with Gasteiger partial charge in [-0.3, -0.25) is 4.79 Å². The number of carbonyl (C=O) groups is 1. The number of nitrogens with zero attached hydrogens (tertiary/aromatic N) is 3. The molecule has 2 aromatic carbocycles. The van der Waals surface area contributed by atoms with Gasteiger partial charge in [0.05, 0.1) is 22.5 Å². The van der Waals surface area contributed by atoms with Crippen molar-refractivity contribution >= 4 is 34.4 Å². The first kappa shape index (κ1) is 19.6. The van der Waals surface area contributed by atoms with Gasteiger partial charge in [0.25, 0.3) is 5.91 Å². The topological polar surface area (TPSA) is 58.1 Å². The molecule has 7 heteroatoms. The molecule has 0 saturated carbocycles. The molecule has 0 unspecified atom stereocenters. The van der Waals surface area contributed by atoms with Crippen LogP contribution in [0.25, 0.3) is 11.0 Å². The number of aryl methyl sites for hydroxylation is 2. The van der Waals surface area contributed by atoms with Crippen molar-refractivity contribution in [1.29, 1.82) is 0 Å². The van der Waals surface area contributed by atoms with Crippen molar-refractivity contribution in [3.05, 3.63) is 64.7 Å². The van der Waals surface area contributed by atoms with E-state index in [1.54, 1.807) is 0 Å². The Morgan fingerprint density at radius 1 is 1.10 bits per heavy atom. The van der Waals surface area contributed by atoms with Crippen LogP contribution in [-0.4, -0.2) is 40.5 Å². The zero-order chi connectivity index (χ0) is 20.4. The average molecular weight is 411 g/mol. The maximum Gasteiger partial charge on any atom is 0.253 e. The molecule has 1 aliphatic heterocycles. The lowest BCUT2D eigenvalue weighted by atomic mass is 10.1. The van der Waals surface area contributed by atoms with E-state index >= 15 is 0 Å².